The molecule has 5 aromatic rings. The lowest BCUT2D eigenvalue weighted by atomic mass is 9.79. The summed E-state index contributed by atoms with van der Waals surface area (Å²) in [4.78, 5) is 4.89. The maximum Gasteiger partial charge on any atom is 0.0563 e. The van der Waals surface area contributed by atoms with E-state index in [1.54, 1.807) is 0 Å². The number of para-hydroxylation sites is 4. The van der Waals surface area contributed by atoms with Crippen molar-refractivity contribution in [2.75, 3.05) is 9.80 Å². The van der Waals surface area contributed by atoms with Crippen LogP contribution < -0.4 is 9.80 Å². The average Bonchev–Trinajstić information content (AvgIpc) is 3.26. The molecular weight excluding hydrogens is 496 g/mol. The zero-order valence-corrected chi connectivity index (χ0v) is 23.6. The van der Waals surface area contributed by atoms with Crippen LogP contribution in [0.2, 0.25) is 0 Å². The number of rotatable bonds is 6. The standard InChI is InChI=1S/C39H34N2/c1-39(2)35-24-15-25-37(41(31-20-11-5-12-21-31)32-22-13-6-14-23-32)38(35)34-27-26-33(28-36(34)39)40(29-16-7-3-8-17-29)30-18-9-4-10-19-30/h3-25,27-28,33H,26H2,1-2H3. The van der Waals surface area contributed by atoms with Crippen molar-refractivity contribution in [1.29, 1.82) is 0 Å². The van der Waals surface area contributed by atoms with E-state index in [4.69, 9.17) is 0 Å². The van der Waals surface area contributed by atoms with Gasteiger partial charge >= 0.3 is 0 Å². The van der Waals surface area contributed by atoms with Crippen molar-refractivity contribution in [1.82, 2.24) is 0 Å². The maximum absolute atomic E-state index is 2.54. The molecule has 0 amide bonds. The minimum Gasteiger partial charge on any atom is -0.334 e. The summed E-state index contributed by atoms with van der Waals surface area (Å²) in [6.07, 6.45) is 5.96. The fraction of sp³-hybridized carbons (Fsp3) is 0.128. The van der Waals surface area contributed by atoms with E-state index in [1.807, 2.05) is 0 Å². The van der Waals surface area contributed by atoms with E-state index >= 15 is 0 Å². The summed E-state index contributed by atoms with van der Waals surface area (Å²) in [7, 11) is 0. The molecule has 0 saturated carbocycles. The van der Waals surface area contributed by atoms with Gasteiger partial charge in [0, 0.05) is 33.7 Å². The van der Waals surface area contributed by atoms with E-state index in [0.717, 1.165) is 17.8 Å². The van der Waals surface area contributed by atoms with Gasteiger partial charge in [-0.25, -0.2) is 0 Å². The molecule has 200 valence electrons. The Kier molecular flexibility index (Phi) is 6.32. The second kappa shape index (κ2) is 10.3. The van der Waals surface area contributed by atoms with Gasteiger partial charge in [-0.15, -0.1) is 0 Å². The number of hydrogen-bond donors (Lipinski definition) is 0. The van der Waals surface area contributed by atoms with Crippen LogP contribution in [0, 0.1) is 0 Å². The summed E-state index contributed by atoms with van der Waals surface area (Å²) in [6.45, 7) is 4.77. The molecule has 7 rings (SSSR count). The second-order valence-electron chi connectivity index (χ2n) is 11.4. The van der Waals surface area contributed by atoms with Crippen LogP contribution in [0.3, 0.4) is 0 Å². The summed E-state index contributed by atoms with van der Waals surface area (Å²) in [5.41, 5.74) is 11.4. The molecule has 0 radical (unpaired) electrons. The van der Waals surface area contributed by atoms with E-state index in [2.05, 4.69) is 175 Å². The highest BCUT2D eigenvalue weighted by Crippen LogP contribution is 2.56. The van der Waals surface area contributed by atoms with E-state index in [-0.39, 0.29) is 11.5 Å². The van der Waals surface area contributed by atoms with Gasteiger partial charge in [0.15, 0.2) is 0 Å². The van der Waals surface area contributed by atoms with Crippen LogP contribution in [0.5, 0.6) is 0 Å². The van der Waals surface area contributed by atoms with Crippen molar-refractivity contribution >= 4 is 34.0 Å². The Labute approximate surface area is 243 Å². The molecule has 0 fully saturated rings. The van der Waals surface area contributed by atoms with Gasteiger partial charge in [-0.3, -0.25) is 0 Å². The number of hydrogen-bond acceptors (Lipinski definition) is 2. The number of fused-ring (bicyclic) bond motifs is 3. The highest BCUT2D eigenvalue weighted by atomic mass is 15.2. The van der Waals surface area contributed by atoms with Crippen LogP contribution in [0.15, 0.2) is 157 Å². The molecule has 0 N–H and O–H groups in total. The van der Waals surface area contributed by atoms with Gasteiger partial charge in [-0.1, -0.05) is 111 Å². The van der Waals surface area contributed by atoms with Crippen LogP contribution in [0.25, 0.3) is 5.57 Å². The van der Waals surface area contributed by atoms with E-state index in [9.17, 15) is 0 Å². The number of anilines is 5. The fourth-order valence-corrected chi connectivity index (χ4v) is 6.63. The molecule has 2 aliphatic rings. The Balaban J connectivity index is 1.37. The molecule has 2 nitrogen and oxygen atoms in total. The molecule has 0 spiro atoms. The fourth-order valence-electron chi connectivity index (χ4n) is 6.63. The van der Waals surface area contributed by atoms with Gasteiger partial charge in [-0.05, 0) is 77.7 Å². The largest absolute Gasteiger partial charge is 0.334 e. The average molecular weight is 531 g/mol. The number of nitrogens with zero attached hydrogens (tertiary/aromatic N) is 2. The molecule has 0 aromatic heterocycles. The Morgan fingerprint density at radius 2 is 1.05 bits per heavy atom. The third-order valence-corrected chi connectivity index (χ3v) is 8.54. The van der Waals surface area contributed by atoms with Crippen molar-refractivity contribution in [3.05, 3.63) is 168 Å². The summed E-state index contributed by atoms with van der Waals surface area (Å²) in [6, 6.07) is 50.1. The summed E-state index contributed by atoms with van der Waals surface area (Å²) < 4.78 is 0. The van der Waals surface area contributed by atoms with Gasteiger partial charge in [0.05, 0.1) is 11.7 Å². The SMILES string of the molecule is CC1(C)C2=CC(N(c3ccccc3)c3ccccc3)CC=C2c2c(N(c3ccccc3)c3ccccc3)cccc21. The van der Waals surface area contributed by atoms with Gasteiger partial charge in [0.25, 0.3) is 0 Å². The quantitative estimate of drug-likeness (QED) is 0.215. The zero-order valence-electron chi connectivity index (χ0n) is 23.6. The summed E-state index contributed by atoms with van der Waals surface area (Å²) >= 11 is 0. The highest BCUT2D eigenvalue weighted by molar-refractivity contribution is 5.98. The molecule has 0 bridgehead atoms. The van der Waals surface area contributed by atoms with Gasteiger partial charge in [0.1, 0.15) is 0 Å². The third-order valence-electron chi connectivity index (χ3n) is 8.54. The van der Waals surface area contributed by atoms with E-state index in [0.29, 0.717) is 0 Å². The summed E-state index contributed by atoms with van der Waals surface area (Å²) in [5, 5.41) is 0. The lowest BCUT2D eigenvalue weighted by molar-refractivity contribution is 0.644. The van der Waals surface area contributed by atoms with Crippen LogP contribution >= 0.6 is 0 Å². The molecular formula is C39H34N2. The molecule has 0 heterocycles. The molecule has 41 heavy (non-hydrogen) atoms. The number of allylic oxidation sites excluding steroid dienone is 2. The molecule has 2 heteroatoms. The van der Waals surface area contributed by atoms with Crippen LogP contribution in [-0.4, -0.2) is 6.04 Å². The molecule has 5 aromatic carbocycles. The molecule has 1 atom stereocenters. The summed E-state index contributed by atoms with van der Waals surface area (Å²) in [5.74, 6) is 0. The minimum atomic E-state index is -0.117. The first-order valence-corrected chi connectivity index (χ1v) is 14.5. The number of benzene rings is 5. The Hall–Kier alpha value is -4.82. The van der Waals surface area contributed by atoms with Crippen molar-refractivity contribution < 1.29 is 0 Å². The normalized spacial score (nSPS) is 16.7. The minimum absolute atomic E-state index is 0.117. The first kappa shape index (κ1) is 25.2. The topological polar surface area (TPSA) is 6.48 Å². The Morgan fingerprint density at radius 1 is 0.561 bits per heavy atom. The highest BCUT2D eigenvalue weighted by Gasteiger charge is 2.42. The second-order valence-corrected chi connectivity index (χ2v) is 11.4. The van der Waals surface area contributed by atoms with Crippen molar-refractivity contribution in [3.8, 4) is 0 Å². The monoisotopic (exact) mass is 530 g/mol. The third kappa shape index (κ3) is 4.37. The van der Waals surface area contributed by atoms with E-state index < -0.39 is 0 Å². The molecule has 0 aliphatic heterocycles. The van der Waals surface area contributed by atoms with Crippen molar-refractivity contribution in [2.24, 2.45) is 0 Å². The molecule has 1 unspecified atom stereocenters. The molecule has 2 aliphatic carbocycles. The lowest BCUT2D eigenvalue weighted by Crippen LogP contribution is -2.32. The first-order valence-electron chi connectivity index (χ1n) is 14.5. The lowest BCUT2D eigenvalue weighted by Gasteiger charge is -2.35. The van der Waals surface area contributed by atoms with Gasteiger partial charge < -0.3 is 9.80 Å². The van der Waals surface area contributed by atoms with Gasteiger partial charge in [0.2, 0.25) is 0 Å². The predicted octanol–water partition coefficient (Wildman–Crippen LogP) is 10.4. The van der Waals surface area contributed by atoms with Gasteiger partial charge in [-0.2, -0.15) is 0 Å². The Bertz CT molecular complexity index is 1640. The zero-order chi connectivity index (χ0) is 27.8. The predicted molar refractivity (Wildman–Crippen MR) is 174 cm³/mol. The van der Waals surface area contributed by atoms with Crippen molar-refractivity contribution in [3.63, 3.8) is 0 Å². The first-order chi connectivity index (χ1) is 20.1. The van der Waals surface area contributed by atoms with Crippen molar-refractivity contribution in [2.45, 2.75) is 31.7 Å². The van der Waals surface area contributed by atoms with E-state index in [1.165, 1.54) is 39.3 Å². The molecule has 0 saturated heterocycles. The van der Waals surface area contributed by atoms with Crippen LogP contribution in [0.1, 0.15) is 31.4 Å². The van der Waals surface area contributed by atoms with Crippen LogP contribution in [0.4, 0.5) is 28.4 Å². The van der Waals surface area contributed by atoms with Crippen LogP contribution in [-0.2, 0) is 5.41 Å². The maximum atomic E-state index is 2.54. The Morgan fingerprint density at radius 3 is 1.56 bits per heavy atom. The smallest absolute Gasteiger partial charge is 0.0563 e.